The number of hydrogen-bond acceptors (Lipinski definition) is 5. The molecule has 0 saturated carbocycles. The summed E-state index contributed by atoms with van der Waals surface area (Å²) in [6.07, 6.45) is 5.01. The van der Waals surface area contributed by atoms with Gasteiger partial charge in [0.25, 0.3) is 0 Å². The average Bonchev–Trinajstić information content (AvgIpc) is 2.66. The molecule has 0 bridgehead atoms. The molecule has 24 heavy (non-hydrogen) atoms. The van der Waals surface area contributed by atoms with Gasteiger partial charge in [0.05, 0.1) is 19.8 Å². The molecule has 0 spiro atoms. The number of aromatic nitrogens is 2. The number of nitrogens with one attached hydrogen (secondary N) is 1. The van der Waals surface area contributed by atoms with Crippen LogP contribution in [0.25, 0.3) is 6.08 Å². The lowest BCUT2D eigenvalue weighted by molar-refractivity contribution is -0.116. The first-order valence-electron chi connectivity index (χ1n) is 7.97. The minimum absolute atomic E-state index is 0.167. The number of nitrogens with zero attached hydrogens (tertiary/aromatic N) is 3. The molecule has 1 saturated heterocycles. The van der Waals surface area contributed by atoms with Crippen LogP contribution in [0.15, 0.2) is 48.7 Å². The van der Waals surface area contributed by atoms with Crippen molar-refractivity contribution in [2.75, 3.05) is 31.2 Å². The average molecular weight is 324 g/mol. The maximum Gasteiger partial charge on any atom is 0.244 e. The summed E-state index contributed by atoms with van der Waals surface area (Å²) >= 11 is 0. The van der Waals surface area contributed by atoms with Gasteiger partial charge in [0.15, 0.2) is 0 Å². The molecule has 0 unspecified atom stereocenters. The number of amides is 1. The second-order valence-corrected chi connectivity index (χ2v) is 5.39. The van der Waals surface area contributed by atoms with Crippen LogP contribution >= 0.6 is 0 Å². The van der Waals surface area contributed by atoms with Gasteiger partial charge in [-0.3, -0.25) is 4.79 Å². The molecular formula is C18H20N4O2. The van der Waals surface area contributed by atoms with E-state index in [-0.39, 0.29) is 5.91 Å². The molecule has 1 aliphatic heterocycles. The van der Waals surface area contributed by atoms with Gasteiger partial charge in [-0.15, -0.1) is 0 Å². The molecular weight excluding hydrogens is 304 g/mol. The number of morpholine rings is 1. The van der Waals surface area contributed by atoms with Crippen LogP contribution in [-0.2, 0) is 16.1 Å². The van der Waals surface area contributed by atoms with E-state index in [0.717, 1.165) is 24.5 Å². The van der Waals surface area contributed by atoms with E-state index >= 15 is 0 Å². The predicted octanol–water partition coefficient (Wildman–Crippen LogP) is 1.64. The van der Waals surface area contributed by atoms with Gasteiger partial charge >= 0.3 is 0 Å². The number of hydrogen-bond donors (Lipinski definition) is 1. The van der Waals surface area contributed by atoms with Crippen molar-refractivity contribution in [3.63, 3.8) is 0 Å². The standard InChI is InChI=1S/C18H20N4O2/c23-18(7-6-15-4-2-1-3-5-15)20-14-16-19-9-8-17(21-16)22-10-12-24-13-11-22/h1-9H,10-14H2,(H,20,23). The summed E-state index contributed by atoms with van der Waals surface area (Å²) in [7, 11) is 0. The highest BCUT2D eigenvalue weighted by atomic mass is 16.5. The molecule has 6 heteroatoms. The van der Waals surface area contributed by atoms with Crippen molar-refractivity contribution in [2.45, 2.75) is 6.54 Å². The van der Waals surface area contributed by atoms with Crippen molar-refractivity contribution in [1.82, 2.24) is 15.3 Å². The summed E-state index contributed by atoms with van der Waals surface area (Å²) in [5.74, 6) is 1.30. The third-order valence-corrected chi connectivity index (χ3v) is 3.67. The zero-order valence-electron chi connectivity index (χ0n) is 13.4. The lowest BCUT2D eigenvalue weighted by Gasteiger charge is -2.27. The van der Waals surface area contributed by atoms with Crippen LogP contribution in [0, 0.1) is 0 Å². The van der Waals surface area contributed by atoms with E-state index < -0.39 is 0 Å². The van der Waals surface area contributed by atoms with Crippen molar-refractivity contribution in [1.29, 1.82) is 0 Å². The first kappa shape index (κ1) is 16.1. The van der Waals surface area contributed by atoms with Gasteiger partial charge in [-0.1, -0.05) is 30.3 Å². The molecule has 0 aliphatic carbocycles. The van der Waals surface area contributed by atoms with Crippen molar-refractivity contribution < 1.29 is 9.53 Å². The number of ether oxygens (including phenoxy) is 1. The van der Waals surface area contributed by atoms with Gasteiger partial charge in [0.2, 0.25) is 5.91 Å². The smallest absolute Gasteiger partial charge is 0.244 e. The molecule has 0 radical (unpaired) electrons. The molecule has 2 heterocycles. The fourth-order valence-corrected chi connectivity index (χ4v) is 2.40. The van der Waals surface area contributed by atoms with Crippen LogP contribution in [0.3, 0.4) is 0 Å². The van der Waals surface area contributed by atoms with E-state index in [9.17, 15) is 4.79 Å². The first-order chi connectivity index (χ1) is 11.8. The molecule has 1 aromatic carbocycles. The normalized spacial score (nSPS) is 14.8. The summed E-state index contributed by atoms with van der Waals surface area (Å²) in [6.45, 7) is 3.36. The number of carbonyl (C=O) groups excluding carboxylic acids is 1. The van der Waals surface area contributed by atoms with Gasteiger partial charge in [0, 0.05) is 25.4 Å². The van der Waals surface area contributed by atoms with Crippen LogP contribution in [0.2, 0.25) is 0 Å². The molecule has 6 nitrogen and oxygen atoms in total. The molecule has 1 aromatic heterocycles. The van der Waals surface area contributed by atoms with E-state index in [2.05, 4.69) is 20.2 Å². The van der Waals surface area contributed by atoms with E-state index in [1.807, 2.05) is 36.4 Å². The highest BCUT2D eigenvalue weighted by Crippen LogP contribution is 2.11. The quantitative estimate of drug-likeness (QED) is 0.847. The summed E-state index contributed by atoms with van der Waals surface area (Å²) in [5, 5.41) is 2.81. The first-order valence-corrected chi connectivity index (χ1v) is 7.97. The zero-order valence-corrected chi connectivity index (χ0v) is 13.4. The van der Waals surface area contributed by atoms with Crippen LogP contribution < -0.4 is 10.2 Å². The highest BCUT2D eigenvalue weighted by molar-refractivity contribution is 5.91. The Morgan fingerprint density at radius 2 is 2.00 bits per heavy atom. The summed E-state index contributed by atoms with van der Waals surface area (Å²) in [6, 6.07) is 11.6. The second-order valence-electron chi connectivity index (χ2n) is 5.39. The van der Waals surface area contributed by atoms with E-state index in [4.69, 9.17) is 4.74 Å². The minimum atomic E-state index is -0.167. The monoisotopic (exact) mass is 324 g/mol. The van der Waals surface area contributed by atoms with Crippen molar-refractivity contribution in [3.05, 3.63) is 60.1 Å². The van der Waals surface area contributed by atoms with Crippen molar-refractivity contribution in [3.8, 4) is 0 Å². The number of anilines is 1. The largest absolute Gasteiger partial charge is 0.378 e. The maximum absolute atomic E-state index is 11.9. The zero-order chi connectivity index (χ0) is 16.6. The fourth-order valence-electron chi connectivity index (χ4n) is 2.40. The molecule has 3 rings (SSSR count). The third kappa shape index (κ3) is 4.63. The Balaban J connectivity index is 1.54. The number of benzene rings is 1. The molecule has 1 amide bonds. The number of rotatable bonds is 5. The van der Waals surface area contributed by atoms with E-state index in [1.165, 1.54) is 6.08 Å². The third-order valence-electron chi connectivity index (χ3n) is 3.67. The van der Waals surface area contributed by atoms with E-state index in [1.54, 1.807) is 12.3 Å². The van der Waals surface area contributed by atoms with Crippen molar-refractivity contribution >= 4 is 17.8 Å². The van der Waals surface area contributed by atoms with Crippen LogP contribution in [0.1, 0.15) is 11.4 Å². The summed E-state index contributed by atoms with van der Waals surface area (Å²) in [4.78, 5) is 22.8. The lowest BCUT2D eigenvalue weighted by atomic mass is 10.2. The minimum Gasteiger partial charge on any atom is -0.378 e. The SMILES string of the molecule is O=C(C=Cc1ccccc1)NCc1nccc(N2CCOCC2)n1. The highest BCUT2D eigenvalue weighted by Gasteiger charge is 2.13. The Hall–Kier alpha value is -2.73. The Bertz CT molecular complexity index is 697. The van der Waals surface area contributed by atoms with Gasteiger partial charge in [0.1, 0.15) is 11.6 Å². The molecule has 1 aliphatic rings. The molecule has 1 N–H and O–H groups in total. The van der Waals surface area contributed by atoms with E-state index in [0.29, 0.717) is 25.6 Å². The number of carbonyl (C=O) groups is 1. The Morgan fingerprint density at radius 1 is 1.21 bits per heavy atom. The topological polar surface area (TPSA) is 67.4 Å². The van der Waals surface area contributed by atoms with Gasteiger partial charge in [-0.05, 0) is 17.7 Å². The Morgan fingerprint density at radius 3 is 2.79 bits per heavy atom. The van der Waals surface area contributed by atoms with Gasteiger partial charge < -0.3 is 15.0 Å². The second kappa shape index (κ2) is 8.21. The maximum atomic E-state index is 11.9. The van der Waals surface area contributed by atoms with Gasteiger partial charge in [-0.25, -0.2) is 9.97 Å². The van der Waals surface area contributed by atoms with Crippen molar-refractivity contribution in [2.24, 2.45) is 0 Å². The summed E-state index contributed by atoms with van der Waals surface area (Å²) in [5.41, 5.74) is 0.984. The van der Waals surface area contributed by atoms with Crippen LogP contribution in [0.4, 0.5) is 5.82 Å². The Labute approximate surface area is 141 Å². The predicted molar refractivity (Wildman–Crippen MR) is 92.4 cm³/mol. The van der Waals surface area contributed by atoms with Crippen LogP contribution in [0.5, 0.6) is 0 Å². The molecule has 124 valence electrons. The summed E-state index contributed by atoms with van der Waals surface area (Å²) < 4.78 is 5.34. The lowest BCUT2D eigenvalue weighted by Crippen LogP contribution is -2.37. The van der Waals surface area contributed by atoms with Gasteiger partial charge in [-0.2, -0.15) is 0 Å². The molecule has 2 aromatic rings. The van der Waals surface area contributed by atoms with Crippen LogP contribution in [-0.4, -0.2) is 42.2 Å². The molecule has 1 fully saturated rings. The fraction of sp³-hybridized carbons (Fsp3) is 0.278. The molecule has 0 atom stereocenters. The Kier molecular flexibility index (Phi) is 5.52.